The number of nitrogens with zero attached hydrogens (tertiary/aromatic N) is 2. The summed E-state index contributed by atoms with van der Waals surface area (Å²) in [4.78, 5) is 12.2. The average Bonchev–Trinajstić information content (AvgIpc) is 3.03. The van der Waals surface area contributed by atoms with Crippen molar-refractivity contribution >= 4 is 22.4 Å². The Kier molecular flexibility index (Phi) is 2.93. The molecule has 0 radical (unpaired) electrons. The quantitative estimate of drug-likeness (QED) is 0.853. The number of hydrogen-bond acceptors (Lipinski definition) is 4. The van der Waals surface area contributed by atoms with Gasteiger partial charge in [0.05, 0.1) is 0 Å². The van der Waals surface area contributed by atoms with Crippen LogP contribution in [-0.4, -0.2) is 16.1 Å². The van der Waals surface area contributed by atoms with Crippen LogP contribution in [0.4, 0.5) is 5.13 Å². The van der Waals surface area contributed by atoms with Crippen LogP contribution in [0.1, 0.15) is 37.6 Å². The number of carbonyl (C=O) groups is 1. The van der Waals surface area contributed by atoms with Crippen LogP contribution in [0.25, 0.3) is 0 Å². The van der Waals surface area contributed by atoms with Gasteiger partial charge in [-0.2, -0.15) is 0 Å². The van der Waals surface area contributed by atoms with Crippen LogP contribution in [0, 0.1) is 17.8 Å². The lowest BCUT2D eigenvalue weighted by Gasteiger charge is -2.16. The number of amides is 1. The third-order valence-corrected chi connectivity index (χ3v) is 4.92. The van der Waals surface area contributed by atoms with Crippen molar-refractivity contribution in [2.24, 2.45) is 17.8 Å². The molecule has 0 saturated heterocycles. The number of fused-ring (bicyclic) bond motifs is 2. The van der Waals surface area contributed by atoms with Crippen molar-refractivity contribution < 1.29 is 4.79 Å². The molecule has 1 saturated carbocycles. The maximum Gasteiger partial charge on any atom is 0.229 e. The Hall–Kier alpha value is -1.23. The molecule has 18 heavy (non-hydrogen) atoms. The fraction of sp³-hybridized carbons (Fsp3) is 0.615. The normalized spacial score (nSPS) is 29.2. The van der Waals surface area contributed by atoms with Crippen molar-refractivity contribution in [3.05, 3.63) is 17.2 Å². The molecule has 3 atom stereocenters. The summed E-state index contributed by atoms with van der Waals surface area (Å²) in [5, 5.41) is 12.6. The van der Waals surface area contributed by atoms with E-state index in [1.165, 1.54) is 11.3 Å². The van der Waals surface area contributed by atoms with E-state index in [2.05, 4.69) is 41.5 Å². The largest absolute Gasteiger partial charge is 0.300 e. The predicted molar refractivity (Wildman–Crippen MR) is 71.5 cm³/mol. The van der Waals surface area contributed by atoms with Crippen molar-refractivity contribution in [3.8, 4) is 0 Å². The van der Waals surface area contributed by atoms with E-state index in [-0.39, 0.29) is 11.8 Å². The molecule has 0 aromatic carbocycles. The molecule has 1 amide bonds. The highest BCUT2D eigenvalue weighted by Gasteiger charge is 2.39. The zero-order valence-electron chi connectivity index (χ0n) is 10.6. The zero-order chi connectivity index (χ0) is 12.7. The van der Waals surface area contributed by atoms with Gasteiger partial charge in [-0.15, -0.1) is 10.2 Å². The first kappa shape index (κ1) is 11.8. The van der Waals surface area contributed by atoms with Gasteiger partial charge in [0.15, 0.2) is 0 Å². The van der Waals surface area contributed by atoms with Crippen molar-refractivity contribution in [2.45, 2.75) is 32.6 Å². The summed E-state index contributed by atoms with van der Waals surface area (Å²) in [6.07, 6.45) is 6.57. The maximum atomic E-state index is 12.2. The second-order valence-corrected chi connectivity index (χ2v) is 6.49. The smallest absolute Gasteiger partial charge is 0.229 e. The number of anilines is 1. The van der Waals surface area contributed by atoms with Crippen LogP contribution in [0.15, 0.2) is 12.2 Å². The molecule has 2 aliphatic rings. The van der Waals surface area contributed by atoms with Crippen molar-refractivity contribution in [2.75, 3.05) is 5.32 Å². The molecule has 2 aliphatic carbocycles. The summed E-state index contributed by atoms with van der Waals surface area (Å²) in [5.74, 6) is 1.65. The molecule has 0 aliphatic heterocycles. The molecular formula is C13H17N3OS. The fourth-order valence-electron chi connectivity index (χ4n) is 2.80. The van der Waals surface area contributed by atoms with E-state index >= 15 is 0 Å². The summed E-state index contributed by atoms with van der Waals surface area (Å²) in [5.41, 5.74) is 0. The number of hydrogen-bond donors (Lipinski definition) is 1. The van der Waals surface area contributed by atoms with Crippen LogP contribution >= 0.6 is 11.3 Å². The molecule has 1 heterocycles. The highest BCUT2D eigenvalue weighted by Crippen LogP contribution is 2.43. The Morgan fingerprint density at radius 3 is 2.78 bits per heavy atom. The number of nitrogens with one attached hydrogen (secondary N) is 1. The van der Waals surface area contributed by atoms with Crippen molar-refractivity contribution in [1.82, 2.24) is 10.2 Å². The van der Waals surface area contributed by atoms with Gasteiger partial charge in [-0.05, 0) is 24.7 Å². The van der Waals surface area contributed by atoms with Crippen molar-refractivity contribution in [1.29, 1.82) is 0 Å². The molecule has 3 rings (SSSR count). The minimum Gasteiger partial charge on any atom is -0.300 e. The Labute approximate surface area is 111 Å². The molecule has 1 fully saturated rings. The van der Waals surface area contributed by atoms with E-state index in [0.29, 0.717) is 22.9 Å². The fourth-order valence-corrected chi connectivity index (χ4v) is 3.55. The Balaban J connectivity index is 1.65. The molecule has 1 aromatic heterocycles. The summed E-state index contributed by atoms with van der Waals surface area (Å²) >= 11 is 1.48. The van der Waals surface area contributed by atoms with Gasteiger partial charge < -0.3 is 5.32 Å². The standard InChI is InChI=1S/C13H17N3OS/c1-7(2)12-15-16-13(18-12)14-11(17)10-6-8-3-4-9(10)5-8/h3-4,7-10H,5-6H2,1-2H3,(H,14,16,17)/t8-,9-,10-/m0/s1. The molecule has 1 N–H and O–H groups in total. The highest BCUT2D eigenvalue weighted by molar-refractivity contribution is 7.15. The summed E-state index contributed by atoms with van der Waals surface area (Å²) < 4.78 is 0. The van der Waals surface area contributed by atoms with E-state index in [9.17, 15) is 4.79 Å². The van der Waals surface area contributed by atoms with Crippen LogP contribution in [0.3, 0.4) is 0 Å². The van der Waals surface area contributed by atoms with Gasteiger partial charge in [0, 0.05) is 11.8 Å². The Morgan fingerprint density at radius 2 is 2.22 bits per heavy atom. The third kappa shape index (κ3) is 2.07. The SMILES string of the molecule is CC(C)c1nnc(NC(=O)[C@H]2C[C@H]3C=C[C@H]2C3)s1. The van der Waals surface area contributed by atoms with E-state index < -0.39 is 0 Å². The highest BCUT2D eigenvalue weighted by atomic mass is 32.1. The number of rotatable bonds is 3. The third-order valence-electron chi connectivity index (χ3n) is 3.78. The summed E-state index contributed by atoms with van der Waals surface area (Å²) in [6.45, 7) is 4.15. The van der Waals surface area contributed by atoms with E-state index in [4.69, 9.17) is 0 Å². The minimum atomic E-state index is 0.110. The monoisotopic (exact) mass is 263 g/mol. The number of carbonyl (C=O) groups excluding carboxylic acids is 1. The molecule has 2 bridgehead atoms. The van der Waals surface area contributed by atoms with Gasteiger partial charge in [-0.3, -0.25) is 4.79 Å². The second kappa shape index (κ2) is 4.46. The van der Waals surface area contributed by atoms with Crippen LogP contribution in [-0.2, 0) is 4.79 Å². The van der Waals surface area contributed by atoms with Gasteiger partial charge >= 0.3 is 0 Å². The first-order valence-electron chi connectivity index (χ1n) is 6.46. The molecule has 4 nitrogen and oxygen atoms in total. The molecule has 1 aromatic rings. The second-order valence-electron chi connectivity index (χ2n) is 5.48. The van der Waals surface area contributed by atoms with Gasteiger partial charge in [0.1, 0.15) is 5.01 Å². The van der Waals surface area contributed by atoms with Crippen LogP contribution in [0.5, 0.6) is 0 Å². The lowest BCUT2D eigenvalue weighted by atomic mass is 9.93. The molecule has 5 heteroatoms. The molecule has 0 spiro atoms. The first-order valence-corrected chi connectivity index (χ1v) is 7.27. The van der Waals surface area contributed by atoms with Crippen LogP contribution in [0.2, 0.25) is 0 Å². The number of allylic oxidation sites excluding steroid dienone is 2. The average molecular weight is 263 g/mol. The molecular weight excluding hydrogens is 246 g/mol. The van der Waals surface area contributed by atoms with E-state index in [1.807, 2.05) is 0 Å². The maximum absolute atomic E-state index is 12.2. The van der Waals surface area contributed by atoms with Gasteiger partial charge in [-0.1, -0.05) is 37.3 Å². The lowest BCUT2D eigenvalue weighted by molar-refractivity contribution is -0.120. The molecule has 96 valence electrons. The van der Waals surface area contributed by atoms with Gasteiger partial charge in [-0.25, -0.2) is 0 Å². The Morgan fingerprint density at radius 1 is 1.39 bits per heavy atom. The molecule has 0 unspecified atom stereocenters. The topological polar surface area (TPSA) is 54.9 Å². The summed E-state index contributed by atoms with van der Waals surface area (Å²) in [6, 6.07) is 0. The van der Waals surface area contributed by atoms with Gasteiger partial charge in [0.2, 0.25) is 11.0 Å². The van der Waals surface area contributed by atoms with E-state index in [1.54, 1.807) is 0 Å². The Bertz CT molecular complexity index is 494. The van der Waals surface area contributed by atoms with Crippen molar-refractivity contribution in [3.63, 3.8) is 0 Å². The summed E-state index contributed by atoms with van der Waals surface area (Å²) in [7, 11) is 0. The minimum absolute atomic E-state index is 0.110. The predicted octanol–water partition coefficient (Wildman–Crippen LogP) is 2.81. The van der Waals surface area contributed by atoms with Crippen LogP contribution < -0.4 is 5.32 Å². The van der Waals surface area contributed by atoms with Gasteiger partial charge in [0.25, 0.3) is 0 Å². The zero-order valence-corrected chi connectivity index (χ0v) is 11.4. The van der Waals surface area contributed by atoms with E-state index in [0.717, 1.165) is 17.8 Å². The number of aromatic nitrogens is 2. The lowest BCUT2D eigenvalue weighted by Crippen LogP contribution is -2.25. The first-order chi connectivity index (χ1) is 8.63.